The van der Waals surface area contributed by atoms with Crippen LogP contribution in [0.25, 0.3) is 11.0 Å². The van der Waals surface area contributed by atoms with Crippen LogP contribution < -0.4 is 4.90 Å². The minimum atomic E-state index is 0.539. The van der Waals surface area contributed by atoms with Crippen LogP contribution in [0.5, 0.6) is 0 Å². The molecule has 2 aromatic rings. The molecule has 0 amide bonds. The number of imidazole rings is 1. The summed E-state index contributed by atoms with van der Waals surface area (Å²) in [5, 5.41) is 8.51. The predicted molar refractivity (Wildman–Crippen MR) is 59.6 cm³/mol. The van der Waals surface area contributed by atoms with Crippen molar-refractivity contribution in [3.05, 3.63) is 24.5 Å². The zero-order valence-corrected chi connectivity index (χ0v) is 8.57. The molecule has 0 aliphatic rings. The second kappa shape index (κ2) is 4.01. The molecular weight excluding hydrogens is 188 g/mol. The second-order valence-electron chi connectivity index (χ2n) is 3.43. The zero-order chi connectivity index (χ0) is 10.7. The molecule has 0 aliphatic carbocycles. The summed E-state index contributed by atoms with van der Waals surface area (Å²) < 4.78 is 0. The third-order valence-corrected chi connectivity index (χ3v) is 2.40. The topological polar surface area (TPSA) is 55.7 Å². The maximum absolute atomic E-state index is 8.51. The number of nitrogens with one attached hydrogen (secondary N) is 1. The fraction of sp³-hybridized carbons (Fsp3) is 0.273. The Labute approximate surface area is 88.2 Å². The van der Waals surface area contributed by atoms with E-state index in [1.807, 2.05) is 25.2 Å². The summed E-state index contributed by atoms with van der Waals surface area (Å²) >= 11 is 0. The smallest absolute Gasteiger partial charge is 0.0931 e. The molecule has 0 saturated heterocycles. The largest absolute Gasteiger partial charge is 0.374 e. The predicted octanol–water partition coefficient (Wildman–Crippen LogP) is 1.91. The van der Waals surface area contributed by atoms with Crippen molar-refractivity contribution >= 4 is 16.7 Å². The van der Waals surface area contributed by atoms with E-state index >= 15 is 0 Å². The van der Waals surface area contributed by atoms with Crippen molar-refractivity contribution in [1.29, 1.82) is 5.26 Å². The fourth-order valence-electron chi connectivity index (χ4n) is 1.51. The van der Waals surface area contributed by atoms with Gasteiger partial charge in [0.05, 0.1) is 29.9 Å². The molecule has 76 valence electrons. The van der Waals surface area contributed by atoms with Crippen molar-refractivity contribution in [3.8, 4) is 6.07 Å². The molecule has 0 spiro atoms. The van der Waals surface area contributed by atoms with E-state index in [-0.39, 0.29) is 0 Å². The highest BCUT2D eigenvalue weighted by molar-refractivity contribution is 5.78. The number of aromatic amines is 1. The SMILES string of the molecule is CN(CCC#N)c1ccc2nc[nH]c2c1. The lowest BCUT2D eigenvalue weighted by Crippen LogP contribution is -2.17. The van der Waals surface area contributed by atoms with Crippen molar-refractivity contribution < 1.29 is 0 Å². The monoisotopic (exact) mass is 200 g/mol. The van der Waals surface area contributed by atoms with Gasteiger partial charge < -0.3 is 9.88 Å². The molecule has 0 bridgehead atoms. The molecule has 0 aliphatic heterocycles. The standard InChI is InChI=1S/C11H12N4/c1-15(6-2-5-12)9-3-4-10-11(7-9)14-8-13-10/h3-4,7-8H,2,6H2,1H3,(H,13,14). The van der Waals surface area contributed by atoms with Gasteiger partial charge in [-0.2, -0.15) is 5.26 Å². The van der Waals surface area contributed by atoms with E-state index in [0.717, 1.165) is 23.3 Å². The Morgan fingerprint density at radius 1 is 1.53 bits per heavy atom. The normalized spacial score (nSPS) is 10.1. The molecule has 4 nitrogen and oxygen atoms in total. The molecule has 1 heterocycles. The van der Waals surface area contributed by atoms with Crippen LogP contribution in [-0.4, -0.2) is 23.6 Å². The Kier molecular flexibility index (Phi) is 2.55. The van der Waals surface area contributed by atoms with Gasteiger partial charge in [-0.25, -0.2) is 4.98 Å². The second-order valence-corrected chi connectivity index (χ2v) is 3.43. The summed E-state index contributed by atoms with van der Waals surface area (Å²) in [7, 11) is 1.98. The maximum Gasteiger partial charge on any atom is 0.0931 e. The highest BCUT2D eigenvalue weighted by Crippen LogP contribution is 2.18. The summed E-state index contributed by atoms with van der Waals surface area (Å²) in [6.07, 6.45) is 2.22. The summed E-state index contributed by atoms with van der Waals surface area (Å²) in [6, 6.07) is 8.17. The number of aromatic nitrogens is 2. The van der Waals surface area contributed by atoms with E-state index in [4.69, 9.17) is 5.26 Å². The molecule has 1 aromatic heterocycles. The van der Waals surface area contributed by atoms with Crippen LogP contribution in [0.15, 0.2) is 24.5 Å². The number of nitrogens with zero attached hydrogens (tertiary/aromatic N) is 3. The summed E-state index contributed by atoms with van der Waals surface area (Å²) in [5.41, 5.74) is 3.09. The van der Waals surface area contributed by atoms with Crippen LogP contribution in [0.3, 0.4) is 0 Å². The Morgan fingerprint density at radius 2 is 2.40 bits per heavy atom. The van der Waals surface area contributed by atoms with Gasteiger partial charge in [0, 0.05) is 19.3 Å². The molecule has 0 fully saturated rings. The first kappa shape index (κ1) is 9.53. The van der Waals surface area contributed by atoms with Crippen LogP contribution >= 0.6 is 0 Å². The van der Waals surface area contributed by atoms with Crippen LogP contribution in [0.1, 0.15) is 6.42 Å². The number of nitriles is 1. The van der Waals surface area contributed by atoms with Gasteiger partial charge in [0.2, 0.25) is 0 Å². The minimum Gasteiger partial charge on any atom is -0.374 e. The van der Waals surface area contributed by atoms with Crippen molar-refractivity contribution in [2.24, 2.45) is 0 Å². The van der Waals surface area contributed by atoms with Crippen LogP contribution in [0, 0.1) is 11.3 Å². The Balaban J connectivity index is 2.24. The molecule has 1 aromatic carbocycles. The van der Waals surface area contributed by atoms with E-state index in [9.17, 15) is 0 Å². The van der Waals surface area contributed by atoms with Crippen molar-refractivity contribution in [2.75, 3.05) is 18.5 Å². The first-order valence-electron chi connectivity index (χ1n) is 4.82. The zero-order valence-electron chi connectivity index (χ0n) is 8.57. The van der Waals surface area contributed by atoms with Gasteiger partial charge in [0.25, 0.3) is 0 Å². The number of hydrogen-bond donors (Lipinski definition) is 1. The molecule has 0 unspecified atom stereocenters. The lowest BCUT2D eigenvalue weighted by Gasteiger charge is -2.17. The van der Waals surface area contributed by atoms with E-state index < -0.39 is 0 Å². The van der Waals surface area contributed by atoms with Gasteiger partial charge in [-0.1, -0.05) is 0 Å². The van der Waals surface area contributed by atoms with Crippen LogP contribution in [0.2, 0.25) is 0 Å². The average molecular weight is 200 g/mol. The molecule has 0 saturated carbocycles. The number of rotatable bonds is 3. The Hall–Kier alpha value is -2.02. The van der Waals surface area contributed by atoms with Gasteiger partial charge in [0.15, 0.2) is 0 Å². The molecule has 2 rings (SSSR count). The summed E-state index contributed by atoms with van der Waals surface area (Å²) in [5.74, 6) is 0. The van der Waals surface area contributed by atoms with Crippen molar-refractivity contribution in [3.63, 3.8) is 0 Å². The van der Waals surface area contributed by atoms with Gasteiger partial charge in [-0.15, -0.1) is 0 Å². The Bertz CT molecular complexity index is 495. The molecule has 1 N–H and O–H groups in total. The lowest BCUT2D eigenvalue weighted by molar-refractivity contribution is 0.906. The highest BCUT2D eigenvalue weighted by atomic mass is 15.1. The van der Waals surface area contributed by atoms with Crippen molar-refractivity contribution in [2.45, 2.75) is 6.42 Å². The third-order valence-electron chi connectivity index (χ3n) is 2.40. The van der Waals surface area contributed by atoms with E-state index in [2.05, 4.69) is 20.9 Å². The van der Waals surface area contributed by atoms with Crippen LogP contribution in [-0.2, 0) is 0 Å². The van der Waals surface area contributed by atoms with Gasteiger partial charge in [-0.3, -0.25) is 0 Å². The van der Waals surface area contributed by atoms with Crippen molar-refractivity contribution in [1.82, 2.24) is 9.97 Å². The molecule has 4 heteroatoms. The number of hydrogen-bond acceptors (Lipinski definition) is 3. The molecule has 15 heavy (non-hydrogen) atoms. The number of H-pyrrole nitrogens is 1. The first-order chi connectivity index (χ1) is 7.31. The quantitative estimate of drug-likeness (QED) is 0.823. The van der Waals surface area contributed by atoms with Gasteiger partial charge in [-0.05, 0) is 18.2 Å². The summed E-state index contributed by atoms with van der Waals surface area (Å²) in [6.45, 7) is 0.746. The van der Waals surface area contributed by atoms with Gasteiger partial charge >= 0.3 is 0 Å². The summed E-state index contributed by atoms with van der Waals surface area (Å²) in [4.78, 5) is 9.28. The number of benzene rings is 1. The van der Waals surface area contributed by atoms with E-state index in [0.29, 0.717) is 6.42 Å². The maximum atomic E-state index is 8.51. The first-order valence-corrected chi connectivity index (χ1v) is 4.82. The molecular formula is C11H12N4. The Morgan fingerprint density at radius 3 is 3.20 bits per heavy atom. The van der Waals surface area contributed by atoms with Gasteiger partial charge in [0.1, 0.15) is 0 Å². The minimum absolute atomic E-state index is 0.539. The van der Waals surface area contributed by atoms with E-state index in [1.54, 1.807) is 6.33 Å². The number of anilines is 1. The lowest BCUT2D eigenvalue weighted by atomic mass is 10.2. The van der Waals surface area contributed by atoms with Crippen LogP contribution in [0.4, 0.5) is 5.69 Å². The third kappa shape index (κ3) is 1.91. The number of fused-ring (bicyclic) bond motifs is 1. The highest BCUT2D eigenvalue weighted by Gasteiger charge is 2.02. The molecule has 0 atom stereocenters. The fourth-order valence-corrected chi connectivity index (χ4v) is 1.51. The molecule has 0 radical (unpaired) electrons. The van der Waals surface area contributed by atoms with E-state index in [1.165, 1.54) is 0 Å². The average Bonchev–Trinajstić information content (AvgIpc) is 2.72.